The van der Waals surface area contributed by atoms with E-state index in [-0.39, 0.29) is 36.9 Å². The Balaban J connectivity index is 1.24. The van der Waals surface area contributed by atoms with Crippen LogP contribution in [0.4, 0.5) is 8.78 Å². The molecular weight excluding hydrogens is 380 g/mol. The maximum Gasteiger partial charge on any atom is 0.126 e. The van der Waals surface area contributed by atoms with Gasteiger partial charge in [-0.2, -0.15) is 0 Å². The average molecular weight is 405 g/mol. The zero-order valence-corrected chi connectivity index (χ0v) is 16.0. The Morgan fingerprint density at radius 3 is 1.72 bits per heavy atom. The number of benzene rings is 2. The predicted molar refractivity (Wildman–Crippen MR) is 103 cm³/mol. The third-order valence-electron chi connectivity index (χ3n) is 5.56. The maximum atomic E-state index is 13.3. The second-order valence-electron chi connectivity index (χ2n) is 7.69. The summed E-state index contributed by atoms with van der Waals surface area (Å²) in [5.41, 5.74) is 1.62. The van der Waals surface area contributed by atoms with E-state index in [0.29, 0.717) is 37.2 Å². The highest BCUT2D eigenvalue weighted by Gasteiger charge is 2.29. The Bertz CT molecular complexity index is 793. The number of aliphatic hydroxyl groups is 2. The standard InChI is InChI=1S/C22H25F2NO4/c23-15-3-7-19-13(9-15)1-5-21(28-19)17(26)11-25-12-18(27)22-6-2-14-10-16(24)4-8-20(14)29-22/h3-4,7-10,17-18,21-22,25-27H,1-2,5-6,11-12H2/t17-,18?,21?,22?/m0/s1. The van der Waals surface area contributed by atoms with Gasteiger partial charge in [0.15, 0.2) is 0 Å². The quantitative estimate of drug-likeness (QED) is 0.688. The van der Waals surface area contributed by atoms with E-state index in [9.17, 15) is 19.0 Å². The first-order valence-electron chi connectivity index (χ1n) is 9.96. The van der Waals surface area contributed by atoms with Crippen LogP contribution in [-0.2, 0) is 12.8 Å². The molecular formula is C22H25F2NO4. The van der Waals surface area contributed by atoms with E-state index in [1.54, 1.807) is 12.1 Å². The van der Waals surface area contributed by atoms with Crippen molar-refractivity contribution in [1.82, 2.24) is 5.32 Å². The molecule has 0 fully saturated rings. The average Bonchev–Trinajstić information content (AvgIpc) is 2.72. The molecule has 0 radical (unpaired) electrons. The summed E-state index contributed by atoms with van der Waals surface area (Å²) in [5.74, 6) is 0.624. The molecule has 2 aromatic rings. The second kappa shape index (κ2) is 8.65. The lowest BCUT2D eigenvalue weighted by atomic mass is 9.98. The van der Waals surface area contributed by atoms with Crippen LogP contribution in [0.5, 0.6) is 11.5 Å². The molecule has 0 bridgehead atoms. The molecule has 0 aromatic heterocycles. The van der Waals surface area contributed by atoms with Crippen LogP contribution in [0.25, 0.3) is 0 Å². The highest BCUT2D eigenvalue weighted by molar-refractivity contribution is 5.36. The van der Waals surface area contributed by atoms with E-state index in [4.69, 9.17) is 9.47 Å². The number of ether oxygens (including phenoxy) is 2. The summed E-state index contributed by atoms with van der Waals surface area (Å²) in [4.78, 5) is 0. The number of aliphatic hydroxyl groups excluding tert-OH is 2. The fourth-order valence-electron chi connectivity index (χ4n) is 3.94. The lowest BCUT2D eigenvalue weighted by Gasteiger charge is -2.31. The predicted octanol–water partition coefficient (Wildman–Crippen LogP) is 2.36. The number of hydrogen-bond acceptors (Lipinski definition) is 5. The first-order valence-corrected chi connectivity index (χ1v) is 9.96. The van der Waals surface area contributed by atoms with Crippen LogP contribution >= 0.6 is 0 Å². The summed E-state index contributed by atoms with van der Waals surface area (Å²) in [5, 5.41) is 23.9. The van der Waals surface area contributed by atoms with Crippen molar-refractivity contribution in [2.75, 3.05) is 13.1 Å². The first kappa shape index (κ1) is 20.1. The normalized spacial score (nSPS) is 22.6. The number of hydrogen-bond donors (Lipinski definition) is 3. The van der Waals surface area contributed by atoms with Gasteiger partial charge >= 0.3 is 0 Å². The highest BCUT2D eigenvalue weighted by atomic mass is 19.1. The van der Waals surface area contributed by atoms with Crippen LogP contribution in [0, 0.1) is 11.6 Å². The van der Waals surface area contributed by atoms with Gasteiger partial charge in [0.1, 0.15) is 47.5 Å². The van der Waals surface area contributed by atoms with Gasteiger partial charge in [0.05, 0.1) is 0 Å². The van der Waals surface area contributed by atoms with Gasteiger partial charge in [-0.1, -0.05) is 0 Å². The zero-order valence-electron chi connectivity index (χ0n) is 16.0. The molecule has 2 heterocycles. The minimum Gasteiger partial charge on any atom is -0.487 e. The van der Waals surface area contributed by atoms with Crippen LogP contribution in [-0.4, -0.2) is 47.7 Å². The fourth-order valence-corrected chi connectivity index (χ4v) is 3.94. The van der Waals surface area contributed by atoms with Gasteiger partial charge in [-0.15, -0.1) is 0 Å². The van der Waals surface area contributed by atoms with Gasteiger partial charge in [0.2, 0.25) is 0 Å². The molecule has 29 heavy (non-hydrogen) atoms. The Hall–Kier alpha value is -2.22. The van der Waals surface area contributed by atoms with E-state index in [0.717, 1.165) is 11.1 Å². The topological polar surface area (TPSA) is 71.0 Å². The monoisotopic (exact) mass is 405 g/mol. The summed E-state index contributed by atoms with van der Waals surface area (Å²) in [6.45, 7) is 0.513. The summed E-state index contributed by atoms with van der Waals surface area (Å²) < 4.78 is 38.2. The van der Waals surface area contributed by atoms with Crippen LogP contribution in [0.15, 0.2) is 36.4 Å². The van der Waals surface area contributed by atoms with Gasteiger partial charge < -0.3 is 25.0 Å². The van der Waals surface area contributed by atoms with Crippen molar-refractivity contribution in [2.24, 2.45) is 0 Å². The van der Waals surface area contributed by atoms with E-state index in [1.165, 1.54) is 24.3 Å². The van der Waals surface area contributed by atoms with E-state index < -0.39 is 12.2 Å². The van der Waals surface area contributed by atoms with Crippen LogP contribution in [0.3, 0.4) is 0 Å². The minimum absolute atomic E-state index is 0.257. The molecule has 0 aliphatic carbocycles. The summed E-state index contributed by atoms with van der Waals surface area (Å²) in [6, 6.07) is 8.79. The van der Waals surface area contributed by atoms with Gasteiger partial charge in [-0.05, 0) is 73.2 Å². The summed E-state index contributed by atoms with van der Waals surface area (Å²) in [7, 11) is 0. The van der Waals surface area contributed by atoms with Crippen molar-refractivity contribution in [3.05, 3.63) is 59.2 Å². The van der Waals surface area contributed by atoms with E-state index >= 15 is 0 Å². The molecule has 0 saturated heterocycles. The van der Waals surface area contributed by atoms with Gasteiger partial charge in [0.25, 0.3) is 0 Å². The van der Waals surface area contributed by atoms with Crippen molar-refractivity contribution < 1.29 is 28.5 Å². The van der Waals surface area contributed by atoms with Gasteiger partial charge in [-0.25, -0.2) is 8.78 Å². The summed E-state index contributed by atoms with van der Waals surface area (Å²) in [6.07, 6.45) is 0.214. The molecule has 4 rings (SSSR count). The zero-order chi connectivity index (χ0) is 20.4. The van der Waals surface area contributed by atoms with E-state index in [1.807, 2.05) is 0 Å². The van der Waals surface area contributed by atoms with Crippen molar-refractivity contribution in [3.63, 3.8) is 0 Å². The Kier molecular flexibility index (Phi) is 5.99. The van der Waals surface area contributed by atoms with Crippen LogP contribution in [0.2, 0.25) is 0 Å². The summed E-state index contributed by atoms with van der Waals surface area (Å²) >= 11 is 0. The number of fused-ring (bicyclic) bond motifs is 2. The molecule has 0 saturated carbocycles. The molecule has 2 aliphatic rings. The van der Waals surface area contributed by atoms with Gasteiger partial charge in [0, 0.05) is 13.1 Å². The van der Waals surface area contributed by atoms with Gasteiger partial charge in [-0.3, -0.25) is 0 Å². The van der Waals surface area contributed by atoms with Crippen molar-refractivity contribution in [2.45, 2.75) is 50.1 Å². The Morgan fingerprint density at radius 1 is 0.828 bits per heavy atom. The molecule has 0 spiro atoms. The first-order chi connectivity index (χ1) is 14.0. The third kappa shape index (κ3) is 4.69. The Labute approximate surface area is 168 Å². The van der Waals surface area contributed by atoms with Crippen molar-refractivity contribution >= 4 is 0 Å². The maximum absolute atomic E-state index is 13.3. The van der Waals surface area contributed by atoms with Crippen LogP contribution < -0.4 is 14.8 Å². The largest absolute Gasteiger partial charge is 0.487 e. The molecule has 0 amide bonds. The number of nitrogens with one attached hydrogen (secondary N) is 1. The van der Waals surface area contributed by atoms with Crippen molar-refractivity contribution in [3.8, 4) is 11.5 Å². The SMILES string of the molecule is OC(CNC[C@H](O)C1CCc2cc(F)ccc2O1)C1CCc2cc(F)ccc2O1. The molecule has 5 nitrogen and oxygen atoms in total. The smallest absolute Gasteiger partial charge is 0.126 e. The van der Waals surface area contributed by atoms with Crippen LogP contribution in [0.1, 0.15) is 24.0 Å². The minimum atomic E-state index is -0.753. The lowest BCUT2D eigenvalue weighted by molar-refractivity contribution is 0.00892. The molecule has 156 valence electrons. The lowest BCUT2D eigenvalue weighted by Crippen LogP contribution is -2.46. The van der Waals surface area contributed by atoms with E-state index in [2.05, 4.69) is 5.32 Å². The molecule has 4 atom stereocenters. The Morgan fingerprint density at radius 2 is 1.28 bits per heavy atom. The second-order valence-corrected chi connectivity index (χ2v) is 7.69. The molecule has 3 unspecified atom stereocenters. The number of aryl methyl sites for hydroxylation is 2. The molecule has 2 aliphatic heterocycles. The number of halogens is 2. The molecule has 3 N–H and O–H groups in total. The molecule has 7 heteroatoms. The number of rotatable bonds is 6. The molecule has 2 aromatic carbocycles. The fraction of sp³-hybridized carbons (Fsp3) is 0.455. The third-order valence-corrected chi connectivity index (χ3v) is 5.56. The highest BCUT2D eigenvalue weighted by Crippen LogP contribution is 2.30. The van der Waals surface area contributed by atoms with Crippen molar-refractivity contribution in [1.29, 1.82) is 0 Å².